The van der Waals surface area contributed by atoms with Gasteiger partial charge in [0.2, 0.25) is 5.91 Å². The molecule has 3 atom stereocenters. The van der Waals surface area contributed by atoms with Crippen molar-refractivity contribution in [2.24, 2.45) is 5.73 Å². The lowest BCUT2D eigenvalue weighted by Gasteiger charge is -2.43. The highest BCUT2D eigenvalue weighted by Gasteiger charge is 2.52. The number of nitrogens with two attached hydrogens (primary N) is 1. The van der Waals surface area contributed by atoms with E-state index in [1.54, 1.807) is 6.92 Å². The summed E-state index contributed by atoms with van der Waals surface area (Å²) in [6.45, 7) is 2.53. The smallest absolute Gasteiger partial charge is 0.237 e. The number of para-hydroxylation sites is 1. The molecule has 2 saturated heterocycles. The minimum atomic E-state index is -0.674. The molecule has 0 aromatic heterocycles. The van der Waals surface area contributed by atoms with Crippen molar-refractivity contribution in [3.8, 4) is 0 Å². The second-order valence-corrected chi connectivity index (χ2v) is 7.54. The van der Waals surface area contributed by atoms with Crippen LogP contribution in [0.1, 0.15) is 32.6 Å². The summed E-state index contributed by atoms with van der Waals surface area (Å²) in [5.74, 6) is -0.255. The number of nitrogens with zero attached hydrogens (tertiary/aromatic N) is 2. The minimum absolute atomic E-state index is 0.0438. The van der Waals surface area contributed by atoms with E-state index in [2.05, 4.69) is 11.3 Å². The minimum Gasteiger partial charge on any atom is -0.390 e. The number of hydrogen-bond donors (Lipinski definition) is 2. The molecule has 1 aromatic carbocycles. The summed E-state index contributed by atoms with van der Waals surface area (Å²) in [4.78, 5) is 27.8. The maximum absolute atomic E-state index is 12.1. The van der Waals surface area contributed by atoms with Gasteiger partial charge in [0.15, 0.2) is 0 Å². The second-order valence-electron chi connectivity index (χ2n) is 7.54. The Bertz CT molecular complexity index is 647. The first kappa shape index (κ1) is 18.9. The van der Waals surface area contributed by atoms with Crippen molar-refractivity contribution in [1.29, 1.82) is 0 Å². The molecule has 3 rings (SSSR count). The summed E-state index contributed by atoms with van der Waals surface area (Å²) in [7, 11) is 0. The van der Waals surface area contributed by atoms with Crippen LogP contribution in [0.3, 0.4) is 0 Å². The van der Waals surface area contributed by atoms with Crippen LogP contribution >= 0.6 is 0 Å². The number of carbonyl (C=O) groups is 2. The van der Waals surface area contributed by atoms with E-state index < -0.39 is 11.6 Å². The van der Waals surface area contributed by atoms with Gasteiger partial charge in [0, 0.05) is 24.8 Å². The molecule has 0 spiro atoms. The maximum atomic E-state index is 12.1. The number of amides is 1. The summed E-state index contributed by atoms with van der Waals surface area (Å²) in [6, 6.07) is 9.88. The van der Waals surface area contributed by atoms with Crippen LogP contribution < -0.4 is 10.6 Å². The zero-order valence-electron chi connectivity index (χ0n) is 15.3. The third-order valence-electron chi connectivity index (χ3n) is 5.63. The normalized spacial score (nSPS) is 26.5. The van der Waals surface area contributed by atoms with Crippen molar-refractivity contribution in [2.45, 2.75) is 50.3 Å². The third-order valence-corrected chi connectivity index (χ3v) is 5.63. The Morgan fingerprint density at radius 3 is 2.77 bits per heavy atom. The number of carbonyl (C=O) groups excluding carboxylic acids is 2. The van der Waals surface area contributed by atoms with E-state index in [1.807, 2.05) is 35.2 Å². The molecule has 0 aliphatic carbocycles. The number of aliphatic hydroxyl groups is 1. The molecule has 6 heteroatoms. The first-order chi connectivity index (χ1) is 12.4. The summed E-state index contributed by atoms with van der Waals surface area (Å²) >= 11 is 0. The van der Waals surface area contributed by atoms with Gasteiger partial charge in [0.25, 0.3) is 0 Å². The number of β-amino-alcohol motifs (C(OH)–C–C–N with tert-alkyl or cyclic N) is 1. The van der Waals surface area contributed by atoms with Crippen LogP contribution in [0.2, 0.25) is 0 Å². The molecule has 0 saturated carbocycles. The fourth-order valence-electron chi connectivity index (χ4n) is 4.43. The summed E-state index contributed by atoms with van der Waals surface area (Å²) in [6.07, 6.45) is 4.75. The molecule has 1 unspecified atom stereocenters. The fraction of sp³-hybridized carbons (Fsp3) is 0.550. The number of primary amides is 1. The van der Waals surface area contributed by atoms with Gasteiger partial charge in [-0.05, 0) is 51.2 Å². The summed E-state index contributed by atoms with van der Waals surface area (Å²) in [5, 5.41) is 10.7. The zero-order chi connectivity index (χ0) is 18.7. The molecule has 26 heavy (non-hydrogen) atoms. The van der Waals surface area contributed by atoms with Crippen molar-refractivity contribution >= 4 is 17.4 Å². The Morgan fingerprint density at radius 1 is 1.38 bits per heavy atom. The van der Waals surface area contributed by atoms with E-state index >= 15 is 0 Å². The van der Waals surface area contributed by atoms with Crippen LogP contribution in [0.5, 0.6) is 0 Å². The van der Waals surface area contributed by atoms with Crippen molar-refractivity contribution in [3.63, 3.8) is 0 Å². The number of aliphatic hydroxyl groups excluding tert-OH is 1. The van der Waals surface area contributed by atoms with Gasteiger partial charge < -0.3 is 15.7 Å². The number of hydrogen-bond acceptors (Lipinski definition) is 5. The molecule has 3 N–H and O–H groups in total. The number of piperidine rings is 1. The molecule has 2 bridgehead atoms. The van der Waals surface area contributed by atoms with Crippen molar-refractivity contribution in [3.05, 3.63) is 36.8 Å². The monoisotopic (exact) mass is 358 g/mol. The lowest BCUT2D eigenvalue weighted by Crippen LogP contribution is -2.60. The van der Waals surface area contributed by atoms with E-state index in [4.69, 9.17) is 5.73 Å². The highest BCUT2D eigenvalue weighted by molar-refractivity contribution is 5.85. The third kappa shape index (κ3) is 3.76. The van der Waals surface area contributed by atoms with Crippen molar-refractivity contribution in [2.75, 3.05) is 24.5 Å². The lowest BCUT2D eigenvalue weighted by atomic mass is 9.87. The zero-order valence-corrected chi connectivity index (χ0v) is 15.3. The van der Waals surface area contributed by atoms with Gasteiger partial charge in [-0.15, -0.1) is 0 Å². The summed E-state index contributed by atoms with van der Waals surface area (Å²) < 4.78 is 0. The van der Waals surface area contributed by atoms with Gasteiger partial charge in [0.05, 0.1) is 12.6 Å². The molecule has 2 aliphatic heterocycles. The van der Waals surface area contributed by atoms with Gasteiger partial charge in [-0.25, -0.2) is 0 Å². The average Bonchev–Trinajstić information content (AvgIpc) is 2.80. The molecule has 1 aromatic rings. The number of fused-ring (bicyclic) bond motifs is 2. The van der Waals surface area contributed by atoms with E-state index in [9.17, 15) is 14.7 Å². The molecular formula is C20H28N3O3. The molecule has 2 aliphatic rings. The van der Waals surface area contributed by atoms with Crippen LogP contribution in [-0.4, -0.2) is 59.0 Å². The predicted octanol–water partition coefficient (Wildman–Crippen LogP) is 1.13. The highest BCUT2D eigenvalue weighted by Crippen LogP contribution is 2.43. The quantitative estimate of drug-likeness (QED) is 0.727. The predicted molar refractivity (Wildman–Crippen MR) is 101 cm³/mol. The number of ketones is 1. The van der Waals surface area contributed by atoms with Crippen molar-refractivity contribution in [1.82, 2.24) is 4.90 Å². The van der Waals surface area contributed by atoms with Crippen LogP contribution in [0, 0.1) is 6.42 Å². The van der Waals surface area contributed by atoms with E-state index in [-0.39, 0.29) is 24.3 Å². The van der Waals surface area contributed by atoms with Gasteiger partial charge in [-0.1, -0.05) is 18.2 Å². The second kappa shape index (κ2) is 7.76. The van der Waals surface area contributed by atoms with Gasteiger partial charge in [-0.3, -0.25) is 14.5 Å². The molecule has 6 nitrogen and oxygen atoms in total. The Morgan fingerprint density at radius 2 is 2.12 bits per heavy atom. The summed E-state index contributed by atoms with van der Waals surface area (Å²) in [5.41, 5.74) is 5.98. The fourth-order valence-corrected chi connectivity index (χ4v) is 4.43. The largest absolute Gasteiger partial charge is 0.390 e. The Labute approximate surface area is 155 Å². The molecule has 2 heterocycles. The van der Waals surface area contributed by atoms with E-state index in [0.717, 1.165) is 24.9 Å². The molecular weight excluding hydrogens is 330 g/mol. The van der Waals surface area contributed by atoms with Gasteiger partial charge >= 0.3 is 0 Å². The van der Waals surface area contributed by atoms with Gasteiger partial charge in [-0.2, -0.15) is 0 Å². The Balaban J connectivity index is 1.71. The Kier molecular flexibility index (Phi) is 5.63. The molecule has 1 amide bonds. The molecule has 1 radical (unpaired) electrons. The maximum Gasteiger partial charge on any atom is 0.237 e. The number of benzene rings is 1. The van der Waals surface area contributed by atoms with Crippen LogP contribution in [0.25, 0.3) is 0 Å². The van der Waals surface area contributed by atoms with Crippen molar-refractivity contribution < 1.29 is 14.7 Å². The lowest BCUT2D eigenvalue weighted by molar-refractivity contribution is -0.131. The van der Waals surface area contributed by atoms with Crippen LogP contribution in [-0.2, 0) is 9.59 Å². The van der Waals surface area contributed by atoms with Crippen LogP contribution in [0.4, 0.5) is 5.69 Å². The average molecular weight is 358 g/mol. The van der Waals surface area contributed by atoms with Gasteiger partial charge in [0.1, 0.15) is 11.3 Å². The Hall–Kier alpha value is -1.92. The number of Topliss-reactive ketones (excluding diaryl/α,β-unsaturated/α-hetero) is 1. The first-order valence-corrected chi connectivity index (χ1v) is 9.28. The first-order valence-electron chi connectivity index (χ1n) is 9.28. The molecule has 2 fully saturated rings. The standard InChI is InChI=1S/C20H28N3O3/c1-15(24)12-22(16-6-3-2-4-7-16)13-18(25)14-23-17-8-5-10-20(23,11-9-17)19(21)26/h2-7,17-18,25H,8-14H2,1H3,(H2,21,26)/t17-,18?,20+/m1/s1. The van der Waals surface area contributed by atoms with E-state index in [0.29, 0.717) is 19.5 Å². The van der Waals surface area contributed by atoms with Crippen LogP contribution in [0.15, 0.2) is 30.3 Å². The highest BCUT2D eigenvalue weighted by atomic mass is 16.3. The number of rotatable bonds is 8. The SMILES string of the molecule is CC(=O)CN(CC(O)CN1[C@@H]2C[CH]C[C@@]1(C(N)=O)CC2)c1ccccc1. The number of anilines is 1. The topological polar surface area (TPSA) is 86.9 Å². The van der Waals surface area contributed by atoms with E-state index in [1.165, 1.54) is 0 Å². The molecule has 141 valence electrons.